The van der Waals surface area contributed by atoms with Gasteiger partial charge in [-0.15, -0.1) is 0 Å². The topological polar surface area (TPSA) is 21.3 Å². The molecule has 0 aromatic heterocycles. The zero-order valence-corrected chi connectivity index (χ0v) is 11.7. The van der Waals surface area contributed by atoms with E-state index in [-0.39, 0.29) is 11.9 Å². The molecule has 0 radical (unpaired) electrons. The second-order valence-electron chi connectivity index (χ2n) is 4.63. The minimum atomic E-state index is -0.193. The van der Waals surface area contributed by atoms with Crippen LogP contribution in [-0.2, 0) is 11.3 Å². The fourth-order valence-corrected chi connectivity index (χ4v) is 2.13. The molecule has 0 spiro atoms. The van der Waals surface area contributed by atoms with Crippen LogP contribution in [0, 0.1) is 5.82 Å². The van der Waals surface area contributed by atoms with Gasteiger partial charge in [0.05, 0.1) is 19.3 Å². The monoisotopic (exact) mass is 273 g/mol. The average Bonchev–Trinajstić information content (AvgIpc) is 2.48. The standard InChI is InChI=1S/C17H20FNO/c1-2-19-17(15-10-6-7-11-16(15)18)13-20-12-14-8-4-3-5-9-14/h3-11,17,19H,2,12-13H2,1H3. The molecule has 1 atom stereocenters. The summed E-state index contributed by atoms with van der Waals surface area (Å²) < 4.78 is 19.5. The molecule has 0 aliphatic carbocycles. The van der Waals surface area contributed by atoms with Gasteiger partial charge in [0, 0.05) is 5.56 Å². The van der Waals surface area contributed by atoms with Gasteiger partial charge in [-0.25, -0.2) is 4.39 Å². The summed E-state index contributed by atoms with van der Waals surface area (Å²) in [5, 5.41) is 3.26. The fourth-order valence-electron chi connectivity index (χ4n) is 2.13. The van der Waals surface area contributed by atoms with E-state index in [1.54, 1.807) is 12.1 Å². The van der Waals surface area contributed by atoms with Crippen molar-refractivity contribution in [1.82, 2.24) is 5.32 Å². The SMILES string of the molecule is CCNC(COCc1ccccc1)c1ccccc1F. The lowest BCUT2D eigenvalue weighted by Gasteiger charge is -2.19. The Hall–Kier alpha value is -1.71. The number of hydrogen-bond donors (Lipinski definition) is 1. The number of halogens is 1. The van der Waals surface area contributed by atoms with Crippen molar-refractivity contribution in [2.75, 3.05) is 13.2 Å². The zero-order valence-electron chi connectivity index (χ0n) is 11.7. The molecule has 0 saturated heterocycles. The van der Waals surface area contributed by atoms with E-state index in [9.17, 15) is 4.39 Å². The molecule has 20 heavy (non-hydrogen) atoms. The lowest BCUT2D eigenvalue weighted by molar-refractivity contribution is 0.0981. The van der Waals surface area contributed by atoms with E-state index < -0.39 is 0 Å². The van der Waals surface area contributed by atoms with Gasteiger partial charge < -0.3 is 10.1 Å². The number of nitrogens with one attached hydrogen (secondary N) is 1. The minimum Gasteiger partial charge on any atom is -0.375 e. The van der Waals surface area contributed by atoms with Crippen molar-refractivity contribution in [3.8, 4) is 0 Å². The van der Waals surface area contributed by atoms with Crippen molar-refractivity contribution in [2.45, 2.75) is 19.6 Å². The second kappa shape index (κ2) is 7.78. The van der Waals surface area contributed by atoms with Crippen molar-refractivity contribution in [1.29, 1.82) is 0 Å². The van der Waals surface area contributed by atoms with Crippen molar-refractivity contribution in [2.24, 2.45) is 0 Å². The van der Waals surface area contributed by atoms with Gasteiger partial charge in [-0.2, -0.15) is 0 Å². The first-order chi connectivity index (χ1) is 9.81. The number of ether oxygens (including phenoxy) is 1. The first-order valence-electron chi connectivity index (χ1n) is 6.90. The summed E-state index contributed by atoms with van der Waals surface area (Å²) in [7, 11) is 0. The van der Waals surface area contributed by atoms with Crippen molar-refractivity contribution in [3.05, 3.63) is 71.5 Å². The largest absolute Gasteiger partial charge is 0.375 e. The van der Waals surface area contributed by atoms with E-state index in [4.69, 9.17) is 4.74 Å². The summed E-state index contributed by atoms with van der Waals surface area (Å²) in [4.78, 5) is 0. The number of benzene rings is 2. The van der Waals surface area contributed by atoms with E-state index >= 15 is 0 Å². The summed E-state index contributed by atoms with van der Waals surface area (Å²) in [6.45, 7) is 3.76. The lowest BCUT2D eigenvalue weighted by atomic mass is 10.1. The van der Waals surface area contributed by atoms with Gasteiger partial charge >= 0.3 is 0 Å². The Bertz CT molecular complexity index is 515. The highest BCUT2D eigenvalue weighted by molar-refractivity contribution is 5.21. The van der Waals surface area contributed by atoms with Crippen LogP contribution in [0.25, 0.3) is 0 Å². The van der Waals surface area contributed by atoms with Gasteiger partial charge in [-0.3, -0.25) is 0 Å². The molecule has 2 rings (SSSR count). The Morgan fingerprint density at radius 2 is 1.75 bits per heavy atom. The highest BCUT2D eigenvalue weighted by Crippen LogP contribution is 2.17. The molecule has 1 unspecified atom stereocenters. The summed E-state index contributed by atoms with van der Waals surface area (Å²) in [5.41, 5.74) is 1.78. The molecule has 0 amide bonds. The lowest BCUT2D eigenvalue weighted by Crippen LogP contribution is -2.26. The first kappa shape index (κ1) is 14.7. The Kier molecular flexibility index (Phi) is 5.71. The molecular formula is C17H20FNO. The van der Waals surface area contributed by atoms with E-state index in [1.807, 2.05) is 43.3 Å². The van der Waals surface area contributed by atoms with Gasteiger partial charge in [-0.1, -0.05) is 55.5 Å². The van der Waals surface area contributed by atoms with E-state index in [1.165, 1.54) is 6.07 Å². The maximum absolute atomic E-state index is 13.8. The predicted octanol–water partition coefficient (Wildman–Crippen LogP) is 3.69. The van der Waals surface area contributed by atoms with Gasteiger partial charge in [0.15, 0.2) is 0 Å². The third-order valence-corrected chi connectivity index (χ3v) is 3.13. The van der Waals surface area contributed by atoms with E-state index in [0.29, 0.717) is 18.8 Å². The molecule has 1 N–H and O–H groups in total. The molecule has 2 nitrogen and oxygen atoms in total. The Balaban J connectivity index is 1.95. The van der Waals surface area contributed by atoms with Crippen LogP contribution in [0.1, 0.15) is 24.1 Å². The maximum atomic E-state index is 13.8. The van der Waals surface area contributed by atoms with Crippen molar-refractivity contribution >= 4 is 0 Å². The third kappa shape index (κ3) is 4.15. The molecule has 0 aliphatic rings. The Morgan fingerprint density at radius 1 is 1.05 bits per heavy atom. The summed E-state index contributed by atoms with van der Waals surface area (Å²) >= 11 is 0. The third-order valence-electron chi connectivity index (χ3n) is 3.13. The van der Waals surface area contributed by atoms with Crippen molar-refractivity contribution in [3.63, 3.8) is 0 Å². The average molecular weight is 273 g/mol. The molecule has 3 heteroatoms. The van der Waals surface area contributed by atoms with Gasteiger partial charge in [0.25, 0.3) is 0 Å². The first-order valence-corrected chi connectivity index (χ1v) is 6.90. The van der Waals surface area contributed by atoms with Crippen LogP contribution in [0.4, 0.5) is 4.39 Å². The van der Waals surface area contributed by atoms with Crippen LogP contribution in [0.2, 0.25) is 0 Å². The molecule has 2 aromatic rings. The summed E-state index contributed by atoms with van der Waals surface area (Å²) in [6, 6.07) is 16.7. The van der Waals surface area contributed by atoms with Gasteiger partial charge in [0.1, 0.15) is 5.82 Å². The molecule has 0 bridgehead atoms. The zero-order chi connectivity index (χ0) is 14.2. The molecule has 0 aliphatic heterocycles. The highest BCUT2D eigenvalue weighted by atomic mass is 19.1. The van der Waals surface area contributed by atoms with Crippen LogP contribution >= 0.6 is 0 Å². The maximum Gasteiger partial charge on any atom is 0.128 e. The number of hydrogen-bond acceptors (Lipinski definition) is 2. The fraction of sp³-hybridized carbons (Fsp3) is 0.294. The molecule has 0 saturated carbocycles. The smallest absolute Gasteiger partial charge is 0.128 e. The van der Waals surface area contributed by atoms with Crippen LogP contribution < -0.4 is 5.32 Å². The van der Waals surface area contributed by atoms with E-state index in [2.05, 4.69) is 5.32 Å². The molecular weight excluding hydrogens is 253 g/mol. The summed E-state index contributed by atoms with van der Waals surface area (Å²) in [5.74, 6) is -0.193. The number of rotatable bonds is 7. The highest BCUT2D eigenvalue weighted by Gasteiger charge is 2.14. The molecule has 106 valence electrons. The molecule has 0 heterocycles. The molecule has 2 aromatic carbocycles. The van der Waals surface area contributed by atoms with Crippen LogP contribution in [0.15, 0.2) is 54.6 Å². The van der Waals surface area contributed by atoms with Gasteiger partial charge in [0.2, 0.25) is 0 Å². The minimum absolute atomic E-state index is 0.120. The normalized spacial score (nSPS) is 12.3. The Morgan fingerprint density at radius 3 is 2.45 bits per heavy atom. The second-order valence-corrected chi connectivity index (χ2v) is 4.63. The summed E-state index contributed by atoms with van der Waals surface area (Å²) in [6.07, 6.45) is 0. The quantitative estimate of drug-likeness (QED) is 0.830. The van der Waals surface area contributed by atoms with Crippen LogP contribution in [-0.4, -0.2) is 13.2 Å². The van der Waals surface area contributed by atoms with Crippen molar-refractivity contribution < 1.29 is 9.13 Å². The Labute approximate surface area is 119 Å². The predicted molar refractivity (Wildman–Crippen MR) is 78.9 cm³/mol. The molecule has 0 fully saturated rings. The van der Waals surface area contributed by atoms with Crippen LogP contribution in [0.3, 0.4) is 0 Å². The number of likely N-dealkylation sites (N-methyl/N-ethyl adjacent to an activating group) is 1. The van der Waals surface area contributed by atoms with Gasteiger partial charge in [-0.05, 0) is 18.2 Å². The van der Waals surface area contributed by atoms with E-state index in [0.717, 1.165) is 12.1 Å². The van der Waals surface area contributed by atoms with Crippen LogP contribution in [0.5, 0.6) is 0 Å².